The number of pyridine rings is 1. The van der Waals surface area contributed by atoms with Crippen LogP contribution in [0.5, 0.6) is 0 Å². The van der Waals surface area contributed by atoms with Crippen molar-refractivity contribution in [2.45, 2.75) is 0 Å². The SMILES string of the molecule is O=C(c1cccc(Cl)c1)N1CCN(C(=O)c2cccc(-c3ccccn3)c2)CC1. The average molecular weight is 406 g/mol. The molecule has 146 valence electrons. The molecule has 2 amide bonds. The van der Waals surface area contributed by atoms with E-state index in [2.05, 4.69) is 4.98 Å². The van der Waals surface area contributed by atoms with Crippen LogP contribution in [0.1, 0.15) is 20.7 Å². The molecule has 1 aliphatic heterocycles. The zero-order chi connectivity index (χ0) is 20.2. The van der Waals surface area contributed by atoms with Gasteiger partial charge in [-0.2, -0.15) is 0 Å². The molecule has 1 fully saturated rings. The minimum Gasteiger partial charge on any atom is -0.335 e. The number of hydrogen-bond donors (Lipinski definition) is 0. The monoisotopic (exact) mass is 405 g/mol. The first-order valence-corrected chi connectivity index (χ1v) is 9.85. The summed E-state index contributed by atoms with van der Waals surface area (Å²) >= 11 is 5.99. The minimum atomic E-state index is -0.0586. The summed E-state index contributed by atoms with van der Waals surface area (Å²) < 4.78 is 0. The summed E-state index contributed by atoms with van der Waals surface area (Å²) in [4.78, 5) is 33.5. The number of nitrogens with zero attached hydrogens (tertiary/aromatic N) is 3. The van der Waals surface area contributed by atoms with Gasteiger partial charge in [0.05, 0.1) is 5.69 Å². The third-order valence-corrected chi connectivity index (χ3v) is 5.23. The first-order chi connectivity index (χ1) is 14.1. The largest absolute Gasteiger partial charge is 0.335 e. The highest BCUT2D eigenvalue weighted by Crippen LogP contribution is 2.20. The van der Waals surface area contributed by atoms with Crippen LogP contribution in [0.3, 0.4) is 0 Å². The molecule has 29 heavy (non-hydrogen) atoms. The first kappa shape index (κ1) is 19.2. The standard InChI is InChI=1S/C23H20ClN3O2/c24-20-8-4-7-19(16-20)23(29)27-13-11-26(12-14-27)22(28)18-6-3-5-17(15-18)21-9-1-2-10-25-21/h1-10,15-16H,11-14H2. The van der Waals surface area contributed by atoms with E-state index < -0.39 is 0 Å². The fourth-order valence-electron chi connectivity index (χ4n) is 3.44. The lowest BCUT2D eigenvalue weighted by Gasteiger charge is -2.35. The van der Waals surface area contributed by atoms with Gasteiger partial charge in [-0.25, -0.2) is 0 Å². The number of benzene rings is 2. The molecule has 1 aliphatic rings. The molecule has 0 unspecified atom stereocenters. The Morgan fingerprint density at radius 2 is 1.38 bits per heavy atom. The van der Waals surface area contributed by atoms with Crippen LogP contribution >= 0.6 is 11.6 Å². The normalized spacial score (nSPS) is 14.0. The van der Waals surface area contributed by atoms with E-state index in [4.69, 9.17) is 11.6 Å². The van der Waals surface area contributed by atoms with Crippen molar-refractivity contribution in [3.63, 3.8) is 0 Å². The highest BCUT2D eigenvalue weighted by Gasteiger charge is 2.25. The van der Waals surface area contributed by atoms with Gasteiger partial charge in [-0.3, -0.25) is 14.6 Å². The van der Waals surface area contributed by atoms with Crippen molar-refractivity contribution in [3.8, 4) is 11.3 Å². The molecule has 5 nitrogen and oxygen atoms in total. The molecule has 1 aromatic heterocycles. The molecular formula is C23H20ClN3O2. The van der Waals surface area contributed by atoms with Crippen molar-refractivity contribution in [1.82, 2.24) is 14.8 Å². The van der Waals surface area contributed by atoms with Crippen LogP contribution in [-0.4, -0.2) is 52.8 Å². The quantitative estimate of drug-likeness (QED) is 0.661. The molecule has 0 aliphatic carbocycles. The predicted molar refractivity (Wildman–Crippen MR) is 113 cm³/mol. The second-order valence-electron chi connectivity index (χ2n) is 6.89. The number of carbonyl (C=O) groups is 2. The van der Waals surface area contributed by atoms with E-state index in [9.17, 15) is 9.59 Å². The summed E-state index contributed by atoms with van der Waals surface area (Å²) in [6.45, 7) is 1.99. The van der Waals surface area contributed by atoms with Crippen molar-refractivity contribution in [1.29, 1.82) is 0 Å². The Bertz CT molecular complexity index is 1030. The fraction of sp³-hybridized carbons (Fsp3) is 0.174. The Labute approximate surface area is 174 Å². The highest BCUT2D eigenvalue weighted by molar-refractivity contribution is 6.30. The molecule has 1 saturated heterocycles. The lowest BCUT2D eigenvalue weighted by Crippen LogP contribution is -2.50. The molecule has 3 aromatic rings. The summed E-state index contributed by atoms with van der Waals surface area (Å²) in [6.07, 6.45) is 1.74. The molecule has 0 saturated carbocycles. The molecule has 0 bridgehead atoms. The Morgan fingerprint density at radius 1 is 0.759 bits per heavy atom. The Balaban J connectivity index is 1.42. The number of halogens is 1. The molecule has 2 aromatic carbocycles. The first-order valence-electron chi connectivity index (χ1n) is 9.47. The van der Waals surface area contributed by atoms with Gasteiger partial charge in [0.2, 0.25) is 0 Å². The number of piperazine rings is 1. The number of amides is 2. The molecule has 0 radical (unpaired) electrons. The van der Waals surface area contributed by atoms with E-state index in [1.807, 2.05) is 42.5 Å². The average Bonchev–Trinajstić information content (AvgIpc) is 2.79. The third-order valence-electron chi connectivity index (χ3n) is 5.00. The van der Waals surface area contributed by atoms with Crippen molar-refractivity contribution < 1.29 is 9.59 Å². The van der Waals surface area contributed by atoms with Crippen LogP contribution in [0.4, 0.5) is 0 Å². The van der Waals surface area contributed by atoms with Crippen molar-refractivity contribution in [3.05, 3.63) is 89.1 Å². The van der Waals surface area contributed by atoms with Gasteiger partial charge in [0.25, 0.3) is 11.8 Å². The van der Waals surface area contributed by atoms with Crippen LogP contribution in [0.2, 0.25) is 5.02 Å². The molecular weight excluding hydrogens is 386 g/mol. The van der Waals surface area contributed by atoms with Gasteiger partial charge in [-0.1, -0.05) is 35.9 Å². The topological polar surface area (TPSA) is 53.5 Å². The van der Waals surface area contributed by atoms with E-state index in [0.717, 1.165) is 11.3 Å². The van der Waals surface area contributed by atoms with E-state index in [1.54, 1.807) is 40.3 Å². The second-order valence-corrected chi connectivity index (χ2v) is 7.33. The van der Waals surface area contributed by atoms with Crippen LogP contribution in [-0.2, 0) is 0 Å². The van der Waals surface area contributed by atoms with Crippen molar-refractivity contribution >= 4 is 23.4 Å². The number of aromatic nitrogens is 1. The maximum absolute atomic E-state index is 13.0. The number of carbonyl (C=O) groups excluding carboxylic acids is 2. The van der Waals surface area contributed by atoms with Gasteiger partial charge in [0.15, 0.2) is 0 Å². The number of hydrogen-bond acceptors (Lipinski definition) is 3. The Kier molecular flexibility index (Phi) is 5.58. The molecule has 4 rings (SSSR count). The van der Waals surface area contributed by atoms with Crippen molar-refractivity contribution in [2.75, 3.05) is 26.2 Å². The van der Waals surface area contributed by atoms with Gasteiger partial charge in [-0.05, 0) is 42.5 Å². The maximum Gasteiger partial charge on any atom is 0.254 e. The fourth-order valence-corrected chi connectivity index (χ4v) is 3.63. The molecule has 2 heterocycles. The smallest absolute Gasteiger partial charge is 0.254 e. The minimum absolute atomic E-state index is 0.0300. The van der Waals surface area contributed by atoms with Crippen LogP contribution in [0.15, 0.2) is 72.9 Å². The van der Waals surface area contributed by atoms with E-state index in [0.29, 0.717) is 42.3 Å². The van der Waals surface area contributed by atoms with E-state index >= 15 is 0 Å². The highest BCUT2D eigenvalue weighted by atomic mass is 35.5. The van der Waals surface area contributed by atoms with Gasteiger partial charge in [-0.15, -0.1) is 0 Å². The predicted octanol–water partition coefficient (Wildman–Crippen LogP) is 4.00. The molecule has 0 spiro atoms. The van der Waals surface area contributed by atoms with Crippen LogP contribution < -0.4 is 0 Å². The third kappa shape index (κ3) is 4.30. The summed E-state index contributed by atoms with van der Waals surface area (Å²) in [5, 5.41) is 0.539. The van der Waals surface area contributed by atoms with Crippen LogP contribution in [0.25, 0.3) is 11.3 Å². The van der Waals surface area contributed by atoms with Crippen LogP contribution in [0, 0.1) is 0 Å². The summed E-state index contributed by atoms with van der Waals surface area (Å²) in [6, 6.07) is 20.2. The Hall–Kier alpha value is -3.18. The summed E-state index contributed by atoms with van der Waals surface area (Å²) in [7, 11) is 0. The van der Waals surface area contributed by atoms with E-state index in [1.165, 1.54) is 0 Å². The zero-order valence-electron chi connectivity index (χ0n) is 15.8. The van der Waals surface area contributed by atoms with Crippen molar-refractivity contribution in [2.24, 2.45) is 0 Å². The lowest BCUT2D eigenvalue weighted by molar-refractivity contribution is 0.0535. The van der Waals surface area contributed by atoms with Gasteiger partial charge in [0, 0.05) is 54.1 Å². The summed E-state index contributed by atoms with van der Waals surface area (Å²) in [5.41, 5.74) is 2.94. The van der Waals surface area contributed by atoms with Gasteiger partial charge >= 0.3 is 0 Å². The lowest BCUT2D eigenvalue weighted by atomic mass is 10.1. The van der Waals surface area contributed by atoms with Gasteiger partial charge < -0.3 is 9.80 Å². The number of rotatable bonds is 3. The second kappa shape index (κ2) is 8.45. The summed E-state index contributed by atoms with van der Waals surface area (Å²) in [5.74, 6) is -0.0885. The van der Waals surface area contributed by atoms with E-state index in [-0.39, 0.29) is 11.8 Å². The molecule has 0 atom stereocenters. The maximum atomic E-state index is 13.0. The molecule has 0 N–H and O–H groups in total. The Morgan fingerprint density at radius 3 is 1.97 bits per heavy atom. The van der Waals surface area contributed by atoms with Gasteiger partial charge in [0.1, 0.15) is 0 Å². The molecule has 6 heteroatoms. The zero-order valence-corrected chi connectivity index (χ0v) is 16.5.